The van der Waals surface area contributed by atoms with Gasteiger partial charge in [0.15, 0.2) is 0 Å². The lowest BCUT2D eigenvalue weighted by molar-refractivity contribution is 0.338. The van der Waals surface area contributed by atoms with Crippen molar-refractivity contribution in [2.75, 3.05) is 6.61 Å². The summed E-state index contributed by atoms with van der Waals surface area (Å²) in [7, 11) is 0. The Morgan fingerprint density at radius 2 is 2.21 bits per heavy atom. The van der Waals surface area contributed by atoms with Crippen molar-refractivity contribution in [3.8, 4) is 5.75 Å². The number of halogens is 1. The van der Waals surface area contributed by atoms with E-state index in [0.29, 0.717) is 0 Å². The van der Waals surface area contributed by atoms with Crippen molar-refractivity contribution in [1.29, 1.82) is 0 Å². The van der Waals surface area contributed by atoms with Crippen molar-refractivity contribution >= 4 is 44.0 Å². The number of hydrogen-bond acceptors (Lipinski definition) is 2. The molecule has 74 valence electrons. The monoisotopic (exact) mass is 318 g/mol. The molecule has 0 bridgehead atoms. The quantitative estimate of drug-likeness (QED) is 0.754. The minimum atomic E-state index is 0.731. The second-order valence-electron chi connectivity index (χ2n) is 3.08. The van der Waals surface area contributed by atoms with E-state index in [1.807, 2.05) is 6.92 Å². The molecule has 0 saturated carbocycles. The van der Waals surface area contributed by atoms with Crippen LogP contribution < -0.4 is 4.74 Å². The van der Waals surface area contributed by atoms with Crippen LogP contribution in [0.2, 0.25) is 0 Å². The summed E-state index contributed by atoms with van der Waals surface area (Å²) in [6.07, 6.45) is 0. The minimum absolute atomic E-state index is 0.731. The molecular formula is C11H11IOS. The third kappa shape index (κ3) is 1.63. The first-order valence-electron chi connectivity index (χ1n) is 4.53. The van der Waals surface area contributed by atoms with Crippen molar-refractivity contribution in [3.05, 3.63) is 26.6 Å². The van der Waals surface area contributed by atoms with E-state index in [1.165, 1.54) is 19.2 Å². The largest absolute Gasteiger partial charge is 0.494 e. The Bertz CT molecular complexity index is 462. The van der Waals surface area contributed by atoms with Gasteiger partial charge in [0.05, 0.1) is 6.61 Å². The van der Waals surface area contributed by atoms with Gasteiger partial charge in [-0.2, -0.15) is 0 Å². The maximum atomic E-state index is 5.56. The molecule has 0 aliphatic carbocycles. The summed E-state index contributed by atoms with van der Waals surface area (Å²) in [5.41, 5.74) is 1.26. The molecule has 0 aliphatic heterocycles. The molecule has 1 nitrogen and oxygen atoms in total. The summed E-state index contributed by atoms with van der Waals surface area (Å²) >= 11 is 4.17. The van der Waals surface area contributed by atoms with Gasteiger partial charge >= 0.3 is 0 Å². The SMILES string of the molecule is CCOc1ccc2c(I)csc2c1C. The Balaban J connectivity index is 2.63. The fourth-order valence-corrected chi connectivity index (χ4v) is 3.44. The summed E-state index contributed by atoms with van der Waals surface area (Å²) in [5.74, 6) is 1.01. The smallest absolute Gasteiger partial charge is 0.123 e. The molecule has 1 aromatic heterocycles. The zero-order valence-electron chi connectivity index (χ0n) is 8.13. The second kappa shape index (κ2) is 4.06. The van der Waals surface area contributed by atoms with Gasteiger partial charge in [0.1, 0.15) is 5.75 Å². The molecule has 0 radical (unpaired) electrons. The molecule has 1 aromatic carbocycles. The molecule has 0 fully saturated rings. The first kappa shape index (κ1) is 10.2. The molecule has 3 heteroatoms. The van der Waals surface area contributed by atoms with Crippen molar-refractivity contribution in [3.63, 3.8) is 0 Å². The highest BCUT2D eigenvalue weighted by Gasteiger charge is 2.07. The van der Waals surface area contributed by atoms with Crippen molar-refractivity contribution in [2.45, 2.75) is 13.8 Å². The number of rotatable bonds is 2. The number of benzene rings is 1. The molecular weight excluding hydrogens is 307 g/mol. The number of thiophene rings is 1. The summed E-state index contributed by atoms with van der Waals surface area (Å²) in [4.78, 5) is 0. The zero-order chi connectivity index (χ0) is 10.1. The summed E-state index contributed by atoms with van der Waals surface area (Å²) in [5, 5.41) is 3.53. The van der Waals surface area contributed by atoms with E-state index in [-0.39, 0.29) is 0 Å². The Morgan fingerprint density at radius 1 is 1.43 bits per heavy atom. The van der Waals surface area contributed by atoms with Gasteiger partial charge in [-0.05, 0) is 48.6 Å². The molecule has 0 amide bonds. The topological polar surface area (TPSA) is 9.23 Å². The minimum Gasteiger partial charge on any atom is -0.494 e. The van der Waals surface area contributed by atoms with E-state index < -0.39 is 0 Å². The van der Waals surface area contributed by atoms with Gasteiger partial charge in [-0.25, -0.2) is 0 Å². The normalized spacial score (nSPS) is 10.8. The van der Waals surface area contributed by atoms with Crippen LogP contribution in [0.3, 0.4) is 0 Å². The van der Waals surface area contributed by atoms with Crippen molar-refractivity contribution in [2.24, 2.45) is 0 Å². The lowest BCUT2D eigenvalue weighted by Gasteiger charge is -2.07. The van der Waals surface area contributed by atoms with Gasteiger partial charge < -0.3 is 4.74 Å². The lowest BCUT2D eigenvalue weighted by atomic mass is 10.2. The zero-order valence-corrected chi connectivity index (χ0v) is 11.1. The Morgan fingerprint density at radius 3 is 2.93 bits per heavy atom. The molecule has 0 spiro atoms. The Hall–Kier alpha value is -0.290. The predicted molar refractivity (Wildman–Crippen MR) is 70.4 cm³/mol. The first-order chi connectivity index (χ1) is 6.74. The lowest BCUT2D eigenvalue weighted by Crippen LogP contribution is -1.93. The van der Waals surface area contributed by atoms with Crippen LogP contribution in [0.1, 0.15) is 12.5 Å². The van der Waals surface area contributed by atoms with E-state index in [9.17, 15) is 0 Å². The van der Waals surface area contributed by atoms with E-state index in [1.54, 1.807) is 11.3 Å². The third-order valence-corrected chi connectivity index (χ3v) is 4.62. The Kier molecular flexibility index (Phi) is 2.97. The molecule has 0 saturated heterocycles. The fraction of sp³-hybridized carbons (Fsp3) is 0.273. The van der Waals surface area contributed by atoms with Gasteiger partial charge in [0.2, 0.25) is 0 Å². The van der Waals surface area contributed by atoms with Crippen LogP contribution in [0.4, 0.5) is 0 Å². The first-order valence-corrected chi connectivity index (χ1v) is 6.49. The highest BCUT2D eigenvalue weighted by molar-refractivity contribution is 14.1. The van der Waals surface area contributed by atoms with Crippen molar-refractivity contribution < 1.29 is 4.74 Å². The van der Waals surface area contributed by atoms with Crippen LogP contribution in [-0.2, 0) is 0 Å². The van der Waals surface area contributed by atoms with Gasteiger partial charge in [-0.3, -0.25) is 0 Å². The van der Waals surface area contributed by atoms with E-state index in [4.69, 9.17) is 4.74 Å². The predicted octanol–water partition coefficient (Wildman–Crippen LogP) is 4.21. The summed E-state index contributed by atoms with van der Waals surface area (Å²) in [6.45, 7) is 4.87. The average Bonchev–Trinajstić information content (AvgIpc) is 2.54. The van der Waals surface area contributed by atoms with E-state index >= 15 is 0 Å². The molecule has 0 unspecified atom stereocenters. The summed E-state index contributed by atoms with van der Waals surface area (Å²) < 4.78 is 8.23. The third-order valence-electron chi connectivity index (χ3n) is 2.19. The number of fused-ring (bicyclic) bond motifs is 1. The number of ether oxygens (including phenoxy) is 1. The van der Waals surface area contributed by atoms with Gasteiger partial charge in [-0.15, -0.1) is 11.3 Å². The van der Waals surface area contributed by atoms with Crippen LogP contribution in [0.5, 0.6) is 5.75 Å². The second-order valence-corrected chi connectivity index (χ2v) is 5.12. The molecule has 0 aliphatic rings. The van der Waals surface area contributed by atoms with E-state index in [0.717, 1.165) is 12.4 Å². The summed E-state index contributed by atoms with van der Waals surface area (Å²) in [6, 6.07) is 4.21. The van der Waals surface area contributed by atoms with E-state index in [2.05, 4.69) is 47.0 Å². The Labute approximate surface area is 101 Å². The van der Waals surface area contributed by atoms with Crippen LogP contribution in [-0.4, -0.2) is 6.61 Å². The van der Waals surface area contributed by atoms with Gasteiger partial charge in [0.25, 0.3) is 0 Å². The average molecular weight is 318 g/mol. The molecule has 14 heavy (non-hydrogen) atoms. The van der Waals surface area contributed by atoms with Gasteiger partial charge in [0, 0.05) is 24.6 Å². The number of aryl methyl sites for hydroxylation is 1. The maximum absolute atomic E-state index is 5.56. The molecule has 0 N–H and O–H groups in total. The van der Waals surface area contributed by atoms with Crippen molar-refractivity contribution in [1.82, 2.24) is 0 Å². The highest BCUT2D eigenvalue weighted by atomic mass is 127. The standard InChI is InChI=1S/C11H11IOS/c1-3-13-10-5-4-8-9(12)6-14-11(8)7(10)2/h4-6H,3H2,1-2H3. The maximum Gasteiger partial charge on any atom is 0.123 e. The van der Waals surface area contributed by atoms with Gasteiger partial charge in [-0.1, -0.05) is 0 Å². The highest BCUT2D eigenvalue weighted by Crippen LogP contribution is 2.34. The molecule has 1 heterocycles. The molecule has 2 aromatic rings. The molecule has 2 rings (SSSR count). The van der Waals surface area contributed by atoms with Crippen LogP contribution in [0.15, 0.2) is 17.5 Å². The molecule has 0 atom stereocenters. The van der Waals surface area contributed by atoms with Crippen LogP contribution >= 0.6 is 33.9 Å². The van der Waals surface area contributed by atoms with Crippen LogP contribution in [0, 0.1) is 10.5 Å². The van der Waals surface area contributed by atoms with Crippen LogP contribution in [0.25, 0.3) is 10.1 Å². The number of hydrogen-bond donors (Lipinski definition) is 0. The fourth-order valence-electron chi connectivity index (χ4n) is 1.50.